The zero-order valence-electron chi connectivity index (χ0n) is 7.30. The quantitative estimate of drug-likeness (QED) is 0.682. The largest absolute Gasteiger partial charge is 0.477 e. The predicted molar refractivity (Wildman–Crippen MR) is 42.5 cm³/mol. The molecule has 0 N–H and O–H groups in total. The number of nitrogens with zero attached hydrogens (tertiary/aromatic N) is 2. The van der Waals surface area contributed by atoms with Crippen LogP contribution in [-0.4, -0.2) is 16.4 Å². The Bertz CT molecular complexity index is 362. The van der Waals surface area contributed by atoms with Gasteiger partial charge in [0.25, 0.3) is 0 Å². The number of terminal acetylenes is 1. The lowest BCUT2D eigenvalue weighted by Gasteiger charge is -2.05. The molecule has 0 aromatic carbocycles. The van der Waals surface area contributed by atoms with Crippen molar-refractivity contribution in [2.75, 3.05) is 6.61 Å². The molecule has 0 bridgehead atoms. The molecule has 0 aliphatic rings. The van der Waals surface area contributed by atoms with E-state index in [0.717, 1.165) is 10.9 Å². The highest BCUT2D eigenvalue weighted by Gasteiger charge is 2.38. The number of hydrogen-bond donors (Lipinski definition) is 0. The minimum atomic E-state index is -4.52. The fourth-order valence-electron chi connectivity index (χ4n) is 0.888. The molecule has 3 nitrogen and oxygen atoms in total. The van der Waals surface area contributed by atoms with Gasteiger partial charge in [-0.3, -0.25) is 4.68 Å². The molecule has 76 valence electrons. The van der Waals surface area contributed by atoms with Crippen molar-refractivity contribution in [2.24, 2.45) is 7.05 Å². The van der Waals surface area contributed by atoms with Gasteiger partial charge in [-0.15, -0.1) is 6.42 Å². The Morgan fingerprint density at radius 3 is 2.79 bits per heavy atom. The molecule has 1 heterocycles. The Hall–Kier alpha value is -1.64. The Kier molecular flexibility index (Phi) is 2.70. The van der Waals surface area contributed by atoms with Gasteiger partial charge in [-0.25, -0.2) is 0 Å². The molecule has 0 amide bonds. The van der Waals surface area contributed by atoms with Crippen LogP contribution in [-0.2, 0) is 13.2 Å². The summed E-state index contributed by atoms with van der Waals surface area (Å²) in [5, 5.41) is 3.23. The van der Waals surface area contributed by atoms with Gasteiger partial charge in [-0.05, 0) is 0 Å². The van der Waals surface area contributed by atoms with E-state index >= 15 is 0 Å². The van der Waals surface area contributed by atoms with Crippen LogP contribution in [0.2, 0.25) is 0 Å². The van der Waals surface area contributed by atoms with E-state index < -0.39 is 11.9 Å². The molecule has 1 aromatic rings. The van der Waals surface area contributed by atoms with Crippen molar-refractivity contribution in [1.29, 1.82) is 0 Å². The molecule has 0 saturated carbocycles. The summed E-state index contributed by atoms with van der Waals surface area (Å²) in [6, 6.07) is 0. The Morgan fingerprint density at radius 1 is 1.64 bits per heavy atom. The van der Waals surface area contributed by atoms with Gasteiger partial charge in [0, 0.05) is 7.05 Å². The molecule has 0 radical (unpaired) electrons. The van der Waals surface area contributed by atoms with Gasteiger partial charge in [0.05, 0.1) is 6.20 Å². The summed E-state index contributed by atoms with van der Waals surface area (Å²) in [5.74, 6) is 1.73. The smallest absolute Gasteiger partial charge is 0.438 e. The number of aromatic nitrogens is 2. The summed E-state index contributed by atoms with van der Waals surface area (Å²) in [7, 11) is 1.37. The van der Waals surface area contributed by atoms with Gasteiger partial charge in [0.1, 0.15) is 6.61 Å². The number of ether oxygens (including phenoxy) is 1. The monoisotopic (exact) mass is 204 g/mol. The minimum absolute atomic E-state index is 0.214. The van der Waals surface area contributed by atoms with E-state index in [0.29, 0.717) is 0 Å². The van der Waals surface area contributed by atoms with Crippen LogP contribution in [0.5, 0.6) is 5.75 Å². The lowest BCUT2D eigenvalue weighted by molar-refractivity contribution is -0.142. The molecule has 0 saturated heterocycles. The number of rotatable bonds is 2. The lowest BCUT2D eigenvalue weighted by atomic mass is 10.4. The third-order valence-electron chi connectivity index (χ3n) is 1.37. The van der Waals surface area contributed by atoms with Gasteiger partial charge in [-0.2, -0.15) is 18.3 Å². The Labute approximate surface area is 78.5 Å². The molecule has 0 aliphatic heterocycles. The van der Waals surface area contributed by atoms with Crippen molar-refractivity contribution >= 4 is 0 Å². The second kappa shape index (κ2) is 3.62. The first kappa shape index (κ1) is 10.4. The van der Waals surface area contributed by atoms with Crippen molar-refractivity contribution in [2.45, 2.75) is 6.18 Å². The van der Waals surface area contributed by atoms with Crippen LogP contribution in [0, 0.1) is 12.3 Å². The SMILES string of the molecule is C#CCOc1cn(C)nc1C(F)(F)F. The van der Waals surface area contributed by atoms with Crippen molar-refractivity contribution in [1.82, 2.24) is 9.78 Å². The highest BCUT2D eigenvalue weighted by atomic mass is 19.4. The first-order valence-corrected chi connectivity index (χ1v) is 3.62. The molecule has 0 fully saturated rings. The van der Waals surface area contributed by atoms with Gasteiger partial charge in [-0.1, -0.05) is 5.92 Å². The maximum absolute atomic E-state index is 12.3. The normalized spacial score (nSPS) is 11.1. The van der Waals surface area contributed by atoms with Crippen LogP contribution in [0.25, 0.3) is 0 Å². The molecule has 0 unspecified atom stereocenters. The summed E-state index contributed by atoms with van der Waals surface area (Å²) in [6.07, 6.45) is 1.46. The Balaban J connectivity index is 2.98. The molecule has 0 spiro atoms. The minimum Gasteiger partial charge on any atom is -0.477 e. The van der Waals surface area contributed by atoms with Crippen molar-refractivity contribution < 1.29 is 17.9 Å². The van der Waals surface area contributed by atoms with Gasteiger partial charge in [0.15, 0.2) is 5.75 Å². The van der Waals surface area contributed by atoms with Gasteiger partial charge >= 0.3 is 6.18 Å². The predicted octanol–water partition coefficient (Wildman–Crippen LogP) is 1.45. The highest BCUT2D eigenvalue weighted by Crippen LogP contribution is 2.34. The van der Waals surface area contributed by atoms with Crippen molar-refractivity contribution in [3.05, 3.63) is 11.9 Å². The summed E-state index contributed by atoms with van der Waals surface area (Å²) < 4.78 is 42.6. The Morgan fingerprint density at radius 2 is 2.29 bits per heavy atom. The third-order valence-corrected chi connectivity index (χ3v) is 1.37. The molecule has 1 aromatic heterocycles. The second-order valence-electron chi connectivity index (χ2n) is 2.51. The molecule has 6 heteroatoms. The molecule has 14 heavy (non-hydrogen) atoms. The number of alkyl halides is 3. The summed E-state index contributed by atoms with van der Waals surface area (Å²) in [6.45, 7) is -0.214. The van der Waals surface area contributed by atoms with E-state index in [4.69, 9.17) is 11.2 Å². The first-order valence-electron chi connectivity index (χ1n) is 3.62. The maximum atomic E-state index is 12.3. The van der Waals surface area contributed by atoms with Crippen LogP contribution in [0.1, 0.15) is 5.69 Å². The van der Waals surface area contributed by atoms with Crippen molar-refractivity contribution in [3.8, 4) is 18.1 Å². The third kappa shape index (κ3) is 2.19. The van der Waals surface area contributed by atoms with E-state index in [1.54, 1.807) is 0 Å². The molecular formula is C8H7F3N2O. The summed E-state index contributed by atoms with van der Waals surface area (Å²) in [5.41, 5.74) is -1.06. The maximum Gasteiger partial charge on any atom is 0.438 e. The highest BCUT2D eigenvalue weighted by molar-refractivity contribution is 5.27. The molecule has 0 atom stereocenters. The van der Waals surface area contributed by atoms with Crippen LogP contribution in [0.3, 0.4) is 0 Å². The number of hydrogen-bond acceptors (Lipinski definition) is 2. The van der Waals surface area contributed by atoms with Crippen LogP contribution in [0.4, 0.5) is 13.2 Å². The fourth-order valence-corrected chi connectivity index (χ4v) is 0.888. The van der Waals surface area contributed by atoms with E-state index in [2.05, 4.69) is 11.0 Å². The molecular weight excluding hydrogens is 197 g/mol. The van der Waals surface area contributed by atoms with Crippen LogP contribution >= 0.6 is 0 Å². The number of aryl methyl sites for hydroxylation is 1. The summed E-state index contributed by atoms with van der Waals surface area (Å²) >= 11 is 0. The van der Waals surface area contributed by atoms with Crippen molar-refractivity contribution in [3.63, 3.8) is 0 Å². The average molecular weight is 204 g/mol. The zero-order valence-corrected chi connectivity index (χ0v) is 7.30. The average Bonchev–Trinajstić information content (AvgIpc) is 2.42. The summed E-state index contributed by atoms with van der Waals surface area (Å²) in [4.78, 5) is 0. The lowest BCUT2D eigenvalue weighted by Crippen LogP contribution is -2.09. The topological polar surface area (TPSA) is 27.1 Å². The standard InChI is InChI=1S/C8H7F3N2O/c1-3-4-14-6-5-13(2)12-7(6)8(9,10)11/h1,5H,4H2,2H3. The van der Waals surface area contributed by atoms with E-state index in [1.807, 2.05) is 0 Å². The number of halogens is 3. The molecule has 1 rings (SSSR count). The van der Waals surface area contributed by atoms with E-state index in [-0.39, 0.29) is 12.4 Å². The second-order valence-corrected chi connectivity index (χ2v) is 2.51. The first-order chi connectivity index (χ1) is 6.45. The van der Waals surface area contributed by atoms with E-state index in [1.165, 1.54) is 7.05 Å². The van der Waals surface area contributed by atoms with Gasteiger partial charge < -0.3 is 4.74 Å². The zero-order chi connectivity index (χ0) is 10.8. The van der Waals surface area contributed by atoms with E-state index in [9.17, 15) is 13.2 Å². The molecule has 0 aliphatic carbocycles. The van der Waals surface area contributed by atoms with Crippen LogP contribution in [0.15, 0.2) is 6.20 Å². The fraction of sp³-hybridized carbons (Fsp3) is 0.375. The van der Waals surface area contributed by atoms with Gasteiger partial charge in [0.2, 0.25) is 5.69 Å². The van der Waals surface area contributed by atoms with Crippen LogP contribution < -0.4 is 4.74 Å².